The summed E-state index contributed by atoms with van der Waals surface area (Å²) in [5.41, 5.74) is 7.53. The maximum atomic E-state index is 6.43. The van der Waals surface area contributed by atoms with Crippen LogP contribution < -0.4 is 10.5 Å². The summed E-state index contributed by atoms with van der Waals surface area (Å²) < 4.78 is 7.50. The van der Waals surface area contributed by atoms with E-state index in [2.05, 4.69) is 41.1 Å². The maximum absolute atomic E-state index is 6.43. The molecule has 3 rings (SSSR count). The zero-order valence-corrected chi connectivity index (χ0v) is 13.1. The van der Waals surface area contributed by atoms with Crippen LogP contribution in [0.15, 0.2) is 22.7 Å². The minimum absolute atomic E-state index is 0.0159. The highest BCUT2D eigenvalue weighted by atomic mass is 79.9. The number of hydrogen-bond acceptors (Lipinski definition) is 2. The zero-order valence-electron chi connectivity index (χ0n) is 11.5. The van der Waals surface area contributed by atoms with Crippen molar-refractivity contribution in [2.24, 2.45) is 11.7 Å². The van der Waals surface area contributed by atoms with Gasteiger partial charge in [0, 0.05) is 22.5 Å². The number of rotatable bonds is 0. The quantitative estimate of drug-likeness (QED) is 0.759. The van der Waals surface area contributed by atoms with E-state index < -0.39 is 0 Å². The molecule has 1 aliphatic carbocycles. The molecule has 0 aromatic heterocycles. The molecule has 19 heavy (non-hydrogen) atoms. The third-order valence-electron chi connectivity index (χ3n) is 4.72. The Labute approximate surface area is 123 Å². The summed E-state index contributed by atoms with van der Waals surface area (Å²) in [6.45, 7) is 2.35. The minimum atomic E-state index is -0.0159. The third kappa shape index (κ3) is 2.68. The van der Waals surface area contributed by atoms with Crippen LogP contribution >= 0.6 is 15.9 Å². The summed E-state index contributed by atoms with van der Waals surface area (Å²) in [7, 11) is 0. The Morgan fingerprint density at radius 2 is 2.16 bits per heavy atom. The molecular formula is C16H22BrNO. The monoisotopic (exact) mass is 323 g/mol. The maximum Gasteiger partial charge on any atom is 0.126 e. The minimum Gasteiger partial charge on any atom is -0.487 e. The van der Waals surface area contributed by atoms with Gasteiger partial charge >= 0.3 is 0 Å². The van der Waals surface area contributed by atoms with Crippen molar-refractivity contribution in [1.82, 2.24) is 0 Å². The summed E-state index contributed by atoms with van der Waals surface area (Å²) in [4.78, 5) is 0. The van der Waals surface area contributed by atoms with Crippen LogP contribution in [0, 0.1) is 5.92 Å². The molecule has 2 nitrogen and oxygen atoms in total. The first kappa shape index (κ1) is 13.4. The molecule has 1 aromatic rings. The molecule has 0 bridgehead atoms. The van der Waals surface area contributed by atoms with Gasteiger partial charge < -0.3 is 10.5 Å². The third-order valence-corrected chi connectivity index (χ3v) is 5.21. The summed E-state index contributed by atoms with van der Waals surface area (Å²) in [5, 5.41) is 0. The highest BCUT2D eigenvalue weighted by Crippen LogP contribution is 2.45. The second-order valence-corrected chi connectivity index (χ2v) is 7.23. The van der Waals surface area contributed by atoms with E-state index in [0.717, 1.165) is 41.0 Å². The van der Waals surface area contributed by atoms with Gasteiger partial charge in [-0.2, -0.15) is 0 Å². The van der Waals surface area contributed by atoms with Crippen molar-refractivity contribution in [2.75, 3.05) is 0 Å². The van der Waals surface area contributed by atoms with Crippen LogP contribution in [0.25, 0.3) is 0 Å². The first-order valence-corrected chi connectivity index (χ1v) is 8.11. The topological polar surface area (TPSA) is 35.2 Å². The van der Waals surface area contributed by atoms with E-state index >= 15 is 0 Å². The Morgan fingerprint density at radius 1 is 1.32 bits per heavy atom. The number of benzene rings is 1. The zero-order chi connectivity index (χ0) is 13.5. The van der Waals surface area contributed by atoms with E-state index in [0.29, 0.717) is 0 Å². The van der Waals surface area contributed by atoms with E-state index in [9.17, 15) is 0 Å². The van der Waals surface area contributed by atoms with E-state index in [4.69, 9.17) is 10.5 Å². The molecule has 0 saturated heterocycles. The Kier molecular flexibility index (Phi) is 3.61. The van der Waals surface area contributed by atoms with Crippen LogP contribution in [-0.4, -0.2) is 5.60 Å². The van der Waals surface area contributed by atoms with Crippen LogP contribution in [0.2, 0.25) is 0 Å². The van der Waals surface area contributed by atoms with Gasteiger partial charge in [-0.3, -0.25) is 0 Å². The van der Waals surface area contributed by atoms with E-state index in [1.807, 2.05) is 0 Å². The predicted octanol–water partition coefficient (Wildman–Crippen LogP) is 4.57. The molecule has 1 heterocycles. The lowest BCUT2D eigenvalue weighted by molar-refractivity contribution is 0.0205. The highest BCUT2D eigenvalue weighted by Gasteiger charge is 2.40. The lowest BCUT2D eigenvalue weighted by atomic mass is 9.82. The molecule has 104 valence electrons. The Hall–Kier alpha value is -0.540. The molecule has 1 aromatic carbocycles. The fourth-order valence-corrected chi connectivity index (χ4v) is 3.89. The van der Waals surface area contributed by atoms with Gasteiger partial charge in [0.1, 0.15) is 11.4 Å². The molecule has 1 spiro atoms. The van der Waals surface area contributed by atoms with Crippen LogP contribution in [-0.2, 0) is 0 Å². The SMILES string of the molecule is CC1CCCC2(CC1)C[C@H](N)c1ccc(Br)cc1O2. The molecule has 2 aliphatic rings. The van der Waals surface area contributed by atoms with Gasteiger partial charge in [-0.15, -0.1) is 0 Å². The highest BCUT2D eigenvalue weighted by molar-refractivity contribution is 9.10. The molecule has 3 heteroatoms. The summed E-state index contributed by atoms with van der Waals surface area (Å²) in [6, 6.07) is 6.33. The van der Waals surface area contributed by atoms with E-state index in [1.165, 1.54) is 19.3 Å². The normalized spacial score (nSPS) is 34.5. The number of nitrogens with two attached hydrogens (primary N) is 1. The average Bonchev–Trinajstić information content (AvgIpc) is 2.52. The molecule has 1 fully saturated rings. The van der Waals surface area contributed by atoms with Crippen molar-refractivity contribution in [2.45, 2.75) is 57.1 Å². The summed E-state index contributed by atoms with van der Waals surface area (Å²) in [5.74, 6) is 1.81. The lowest BCUT2D eigenvalue weighted by Crippen LogP contribution is -2.42. The molecule has 0 radical (unpaired) electrons. The lowest BCUT2D eigenvalue weighted by Gasteiger charge is -2.41. The predicted molar refractivity (Wildman–Crippen MR) is 81.3 cm³/mol. The van der Waals surface area contributed by atoms with Gasteiger partial charge in [-0.05, 0) is 43.7 Å². The number of halogens is 1. The molecule has 3 atom stereocenters. The van der Waals surface area contributed by atoms with E-state index in [-0.39, 0.29) is 11.6 Å². The van der Waals surface area contributed by atoms with Crippen LogP contribution in [0.5, 0.6) is 5.75 Å². The van der Waals surface area contributed by atoms with Crippen LogP contribution in [0.4, 0.5) is 0 Å². The fraction of sp³-hybridized carbons (Fsp3) is 0.625. The van der Waals surface area contributed by atoms with Crippen LogP contribution in [0.3, 0.4) is 0 Å². The molecule has 1 aliphatic heterocycles. The largest absolute Gasteiger partial charge is 0.487 e. The van der Waals surface area contributed by atoms with Crippen molar-refractivity contribution in [3.63, 3.8) is 0 Å². The number of ether oxygens (including phenoxy) is 1. The fourth-order valence-electron chi connectivity index (χ4n) is 3.55. The Bertz CT molecular complexity index is 476. The average molecular weight is 324 g/mol. The van der Waals surface area contributed by atoms with Gasteiger partial charge in [0.25, 0.3) is 0 Å². The molecule has 0 amide bonds. The van der Waals surface area contributed by atoms with Crippen LogP contribution in [0.1, 0.15) is 57.1 Å². The molecular weight excluding hydrogens is 302 g/mol. The standard InChI is InChI=1S/C16H22BrNO/c1-11-3-2-7-16(8-6-11)10-14(18)13-5-4-12(17)9-15(13)19-16/h4-5,9,11,14H,2-3,6-8,10,18H2,1H3/t11?,14-,16?/m0/s1. The first-order chi connectivity index (χ1) is 9.08. The van der Waals surface area contributed by atoms with Gasteiger partial charge in [-0.1, -0.05) is 35.3 Å². The Balaban J connectivity index is 1.90. The van der Waals surface area contributed by atoms with Crippen molar-refractivity contribution < 1.29 is 4.74 Å². The van der Waals surface area contributed by atoms with Gasteiger partial charge in [0.05, 0.1) is 0 Å². The Morgan fingerprint density at radius 3 is 3.00 bits per heavy atom. The molecule has 2 N–H and O–H groups in total. The summed E-state index contributed by atoms with van der Waals surface area (Å²) >= 11 is 3.53. The molecule has 2 unspecified atom stereocenters. The molecule has 1 saturated carbocycles. The van der Waals surface area contributed by atoms with Crippen molar-refractivity contribution >= 4 is 15.9 Å². The van der Waals surface area contributed by atoms with Crippen molar-refractivity contribution in [1.29, 1.82) is 0 Å². The van der Waals surface area contributed by atoms with Crippen molar-refractivity contribution in [3.05, 3.63) is 28.2 Å². The van der Waals surface area contributed by atoms with Crippen molar-refractivity contribution in [3.8, 4) is 5.75 Å². The second kappa shape index (κ2) is 5.10. The van der Waals surface area contributed by atoms with Gasteiger partial charge in [0.2, 0.25) is 0 Å². The number of hydrogen-bond donors (Lipinski definition) is 1. The second-order valence-electron chi connectivity index (χ2n) is 6.31. The van der Waals surface area contributed by atoms with Gasteiger partial charge in [0.15, 0.2) is 0 Å². The first-order valence-electron chi connectivity index (χ1n) is 7.32. The summed E-state index contributed by atoms with van der Waals surface area (Å²) in [6.07, 6.45) is 7.11. The van der Waals surface area contributed by atoms with E-state index in [1.54, 1.807) is 0 Å². The van der Waals surface area contributed by atoms with Gasteiger partial charge in [-0.25, -0.2) is 0 Å². The smallest absolute Gasteiger partial charge is 0.126 e. The number of fused-ring (bicyclic) bond motifs is 1.